The second-order valence-corrected chi connectivity index (χ2v) is 5.28. The van der Waals surface area contributed by atoms with E-state index in [0.29, 0.717) is 18.8 Å². The van der Waals surface area contributed by atoms with E-state index < -0.39 is 0 Å². The minimum absolute atomic E-state index is 0.0836. The zero-order valence-electron chi connectivity index (χ0n) is 12.1. The molecule has 0 atom stereocenters. The van der Waals surface area contributed by atoms with Gasteiger partial charge in [0, 0.05) is 50.8 Å². The molecule has 0 unspecified atom stereocenters. The number of hydrogen-bond acceptors (Lipinski definition) is 5. The Morgan fingerprint density at radius 1 is 1.41 bits per heavy atom. The number of fused-ring (bicyclic) bond motifs is 1. The summed E-state index contributed by atoms with van der Waals surface area (Å²) in [6.07, 6.45) is 3.44. The normalized spacial score (nSPS) is 13.6. The maximum atomic E-state index is 11.8. The Hall–Kier alpha value is -2.48. The Balaban J connectivity index is 1.49. The van der Waals surface area contributed by atoms with Crippen molar-refractivity contribution in [1.82, 2.24) is 30.8 Å². The van der Waals surface area contributed by atoms with Crippen molar-refractivity contribution in [2.45, 2.75) is 32.4 Å². The number of carbonyl (C=O) groups is 1. The molecule has 0 saturated carbocycles. The number of amides is 1. The lowest BCUT2D eigenvalue weighted by molar-refractivity contribution is -0.121. The van der Waals surface area contributed by atoms with E-state index in [2.05, 4.69) is 36.9 Å². The van der Waals surface area contributed by atoms with Gasteiger partial charge in [-0.15, -0.1) is 0 Å². The molecule has 3 rings (SSSR count). The topological polar surface area (TPSA) is 116 Å². The van der Waals surface area contributed by atoms with Gasteiger partial charge in [-0.25, -0.2) is 9.89 Å². The molecule has 0 radical (unpaired) electrons. The number of pyridine rings is 1. The summed E-state index contributed by atoms with van der Waals surface area (Å²) >= 11 is 0. The predicted molar refractivity (Wildman–Crippen MR) is 79.0 cm³/mol. The Morgan fingerprint density at radius 2 is 2.32 bits per heavy atom. The van der Waals surface area contributed by atoms with Crippen LogP contribution in [0.1, 0.15) is 29.1 Å². The molecule has 116 valence electrons. The van der Waals surface area contributed by atoms with Gasteiger partial charge in [-0.05, 0) is 17.2 Å². The molecule has 0 aromatic carbocycles. The van der Waals surface area contributed by atoms with E-state index in [1.165, 1.54) is 5.56 Å². The molecular weight excluding hydrogens is 284 g/mol. The second kappa shape index (κ2) is 6.52. The molecule has 8 heteroatoms. The zero-order chi connectivity index (χ0) is 15.4. The quantitative estimate of drug-likeness (QED) is 0.588. The number of nitrogens with zero attached hydrogens (tertiary/aromatic N) is 2. The predicted octanol–water partition coefficient (Wildman–Crippen LogP) is -0.612. The lowest BCUT2D eigenvalue weighted by Crippen LogP contribution is -2.26. The van der Waals surface area contributed by atoms with Crippen molar-refractivity contribution in [1.29, 1.82) is 0 Å². The van der Waals surface area contributed by atoms with E-state index in [0.717, 1.165) is 30.8 Å². The van der Waals surface area contributed by atoms with Crippen LogP contribution in [0.15, 0.2) is 17.1 Å². The fraction of sp³-hybridized carbons (Fsp3) is 0.429. The minimum Gasteiger partial charge on any atom is -0.352 e. The summed E-state index contributed by atoms with van der Waals surface area (Å²) < 4.78 is 0. The highest BCUT2D eigenvalue weighted by atomic mass is 16.2. The molecular formula is C14H18N6O2. The highest BCUT2D eigenvalue weighted by Crippen LogP contribution is 2.12. The van der Waals surface area contributed by atoms with Gasteiger partial charge in [0.15, 0.2) is 0 Å². The molecule has 3 heterocycles. The average Bonchev–Trinajstić information content (AvgIpc) is 2.96. The third kappa shape index (κ3) is 3.59. The molecule has 1 amide bonds. The molecule has 8 nitrogen and oxygen atoms in total. The van der Waals surface area contributed by atoms with Crippen LogP contribution in [-0.2, 0) is 30.7 Å². The van der Waals surface area contributed by atoms with Crippen LogP contribution in [0.25, 0.3) is 0 Å². The van der Waals surface area contributed by atoms with E-state index in [4.69, 9.17) is 0 Å². The number of aryl methyl sites for hydroxylation is 1. The number of nitrogens with one attached hydrogen (secondary N) is 4. The Kier molecular flexibility index (Phi) is 4.29. The summed E-state index contributed by atoms with van der Waals surface area (Å²) in [5, 5.41) is 12.2. The van der Waals surface area contributed by atoms with Crippen molar-refractivity contribution in [2.75, 3.05) is 6.54 Å². The number of aromatic amines is 2. The van der Waals surface area contributed by atoms with Gasteiger partial charge in [-0.3, -0.25) is 14.8 Å². The maximum Gasteiger partial charge on any atom is 0.340 e. The number of aromatic nitrogens is 4. The lowest BCUT2D eigenvalue weighted by atomic mass is 10.1. The van der Waals surface area contributed by atoms with Crippen LogP contribution in [0.3, 0.4) is 0 Å². The van der Waals surface area contributed by atoms with E-state index >= 15 is 0 Å². The van der Waals surface area contributed by atoms with Crippen molar-refractivity contribution < 1.29 is 4.79 Å². The van der Waals surface area contributed by atoms with Crippen molar-refractivity contribution in [3.05, 3.63) is 45.4 Å². The third-order valence-corrected chi connectivity index (χ3v) is 3.60. The average molecular weight is 302 g/mol. The lowest BCUT2D eigenvalue weighted by Gasteiger charge is -2.16. The summed E-state index contributed by atoms with van der Waals surface area (Å²) in [6, 6.07) is 2.08. The van der Waals surface area contributed by atoms with Crippen LogP contribution >= 0.6 is 0 Å². The molecule has 4 N–H and O–H groups in total. The van der Waals surface area contributed by atoms with Crippen molar-refractivity contribution >= 4 is 5.91 Å². The third-order valence-electron chi connectivity index (χ3n) is 3.60. The maximum absolute atomic E-state index is 11.8. The van der Waals surface area contributed by atoms with E-state index in [1.54, 1.807) is 0 Å². The molecule has 1 aliphatic heterocycles. The highest BCUT2D eigenvalue weighted by Gasteiger charge is 2.11. The highest BCUT2D eigenvalue weighted by molar-refractivity contribution is 5.76. The SMILES string of the molecule is O=C(CCc1n[nH]c(=O)[nH]1)NCc1cnc2c(c1)CNCC2. The molecule has 2 aromatic heterocycles. The molecule has 0 bridgehead atoms. The van der Waals surface area contributed by atoms with Crippen LogP contribution in [0, 0.1) is 0 Å². The Labute approximate surface area is 126 Å². The molecule has 0 saturated heterocycles. The van der Waals surface area contributed by atoms with Gasteiger partial charge in [0.2, 0.25) is 5.91 Å². The second-order valence-electron chi connectivity index (χ2n) is 5.28. The summed E-state index contributed by atoms with van der Waals surface area (Å²) in [4.78, 5) is 29.7. The van der Waals surface area contributed by atoms with Crippen LogP contribution in [0.4, 0.5) is 0 Å². The standard InChI is InChI=1S/C14H18N6O2/c21-13(2-1-12-18-14(22)20-19-12)17-7-9-5-10-8-15-4-3-11(10)16-6-9/h5-6,15H,1-4,7-8H2,(H,17,21)(H2,18,19,20,22). The first-order chi connectivity index (χ1) is 10.7. The van der Waals surface area contributed by atoms with E-state index in [1.807, 2.05) is 6.20 Å². The zero-order valence-corrected chi connectivity index (χ0v) is 12.1. The summed E-state index contributed by atoms with van der Waals surface area (Å²) in [5.41, 5.74) is 2.97. The van der Waals surface area contributed by atoms with Gasteiger partial charge in [0.25, 0.3) is 0 Å². The van der Waals surface area contributed by atoms with Gasteiger partial charge in [0.1, 0.15) is 5.82 Å². The largest absolute Gasteiger partial charge is 0.352 e. The Morgan fingerprint density at radius 3 is 3.14 bits per heavy atom. The van der Waals surface area contributed by atoms with Crippen molar-refractivity contribution in [3.8, 4) is 0 Å². The molecule has 2 aromatic rings. The van der Waals surface area contributed by atoms with Gasteiger partial charge in [-0.2, -0.15) is 5.10 Å². The van der Waals surface area contributed by atoms with Crippen LogP contribution in [0.2, 0.25) is 0 Å². The molecule has 1 aliphatic rings. The molecule has 0 fully saturated rings. The molecule has 22 heavy (non-hydrogen) atoms. The first-order valence-corrected chi connectivity index (χ1v) is 7.28. The number of rotatable bonds is 5. The van der Waals surface area contributed by atoms with E-state index in [9.17, 15) is 9.59 Å². The minimum atomic E-state index is -0.357. The number of carbonyl (C=O) groups excluding carboxylic acids is 1. The number of H-pyrrole nitrogens is 2. The van der Waals surface area contributed by atoms with Crippen molar-refractivity contribution in [3.63, 3.8) is 0 Å². The molecule has 0 spiro atoms. The molecule has 0 aliphatic carbocycles. The van der Waals surface area contributed by atoms with E-state index in [-0.39, 0.29) is 18.0 Å². The Bertz CT molecular complexity index is 720. The van der Waals surface area contributed by atoms with Crippen molar-refractivity contribution in [2.24, 2.45) is 0 Å². The fourth-order valence-corrected chi connectivity index (χ4v) is 2.44. The summed E-state index contributed by atoms with van der Waals surface area (Å²) in [7, 11) is 0. The fourth-order valence-electron chi connectivity index (χ4n) is 2.44. The first-order valence-electron chi connectivity index (χ1n) is 7.28. The summed E-state index contributed by atoms with van der Waals surface area (Å²) in [6.45, 7) is 2.25. The summed E-state index contributed by atoms with van der Waals surface area (Å²) in [5.74, 6) is 0.404. The van der Waals surface area contributed by atoms with Gasteiger partial charge >= 0.3 is 5.69 Å². The first kappa shape index (κ1) is 14.5. The van der Waals surface area contributed by atoms with Gasteiger partial charge < -0.3 is 10.6 Å². The monoisotopic (exact) mass is 302 g/mol. The smallest absolute Gasteiger partial charge is 0.340 e. The van der Waals surface area contributed by atoms with Gasteiger partial charge in [0.05, 0.1) is 0 Å². The van der Waals surface area contributed by atoms with Crippen LogP contribution in [0.5, 0.6) is 0 Å². The number of hydrogen-bond donors (Lipinski definition) is 4. The van der Waals surface area contributed by atoms with Gasteiger partial charge in [-0.1, -0.05) is 0 Å². The van der Waals surface area contributed by atoms with Crippen LogP contribution in [-0.4, -0.2) is 32.6 Å². The van der Waals surface area contributed by atoms with Crippen LogP contribution < -0.4 is 16.3 Å².